The van der Waals surface area contributed by atoms with Gasteiger partial charge >= 0.3 is 6.18 Å². The third-order valence-corrected chi connectivity index (χ3v) is 7.20. The van der Waals surface area contributed by atoms with E-state index in [4.69, 9.17) is 13.9 Å². The van der Waals surface area contributed by atoms with E-state index in [1.165, 1.54) is 7.05 Å². The van der Waals surface area contributed by atoms with Gasteiger partial charge in [-0.15, -0.1) is 0 Å². The van der Waals surface area contributed by atoms with Crippen LogP contribution in [0.25, 0.3) is 33.6 Å². The summed E-state index contributed by atoms with van der Waals surface area (Å²) in [6.07, 6.45) is -5.98. The summed E-state index contributed by atoms with van der Waals surface area (Å²) in [5.74, 6) is 1.21. The lowest BCUT2D eigenvalue weighted by Crippen LogP contribution is -2.40. The first kappa shape index (κ1) is 33.1. The van der Waals surface area contributed by atoms with E-state index in [1.807, 2.05) is 20.8 Å². The smallest absolute Gasteiger partial charge is 0.389 e. The third-order valence-electron chi connectivity index (χ3n) is 7.20. The first-order valence-corrected chi connectivity index (χ1v) is 14.8. The molecule has 5 aromatic rings. The van der Waals surface area contributed by atoms with Crippen LogP contribution in [0.2, 0.25) is 0 Å². The van der Waals surface area contributed by atoms with Gasteiger partial charge in [-0.1, -0.05) is 12.1 Å². The second kappa shape index (κ2) is 13.2. The van der Waals surface area contributed by atoms with E-state index in [-0.39, 0.29) is 28.6 Å². The zero-order chi connectivity index (χ0) is 33.9. The van der Waals surface area contributed by atoms with Crippen LogP contribution < -0.4 is 20.1 Å². The number of methoxy groups -OCH3 is 1. The van der Waals surface area contributed by atoms with Gasteiger partial charge in [0.1, 0.15) is 23.0 Å². The Balaban J connectivity index is 1.59. The van der Waals surface area contributed by atoms with Crippen molar-refractivity contribution in [3.8, 4) is 39.7 Å². The minimum absolute atomic E-state index is 0.0136. The molecular formula is C36H34F3N3O5. The number of nitrogens with one attached hydrogen (secondary N) is 2. The quantitative estimate of drug-likeness (QED) is 0.167. The van der Waals surface area contributed by atoms with Crippen molar-refractivity contribution >= 4 is 22.9 Å². The van der Waals surface area contributed by atoms with Crippen LogP contribution in [0.5, 0.6) is 17.2 Å². The lowest BCUT2D eigenvalue weighted by molar-refractivity contribution is -0.134. The van der Waals surface area contributed by atoms with Gasteiger partial charge in [-0.05, 0) is 99.5 Å². The Morgan fingerprint density at radius 1 is 0.851 bits per heavy atom. The predicted molar refractivity (Wildman–Crippen MR) is 173 cm³/mol. The number of aromatic nitrogens is 1. The maximum absolute atomic E-state index is 13.4. The fraction of sp³-hybridized carbons (Fsp3) is 0.250. The highest BCUT2D eigenvalue weighted by molar-refractivity contribution is 6.11. The number of carbonyl (C=O) groups is 2. The topological polar surface area (TPSA) is 103 Å². The SMILES string of the molecule is CNC(=O)c1c(-c2ccc(Oc3ccc(OC)cc3)cc2)oc2nc(CCC(F)(F)F)c(-c3cccc(C(=O)NC(C)(C)C)c3)cc12. The number of halogens is 3. The molecule has 0 saturated carbocycles. The number of carbonyl (C=O) groups excluding carboxylic acids is 2. The maximum atomic E-state index is 13.4. The third kappa shape index (κ3) is 7.92. The normalized spacial score (nSPS) is 11.7. The number of rotatable bonds is 9. The molecule has 2 aromatic heterocycles. The van der Waals surface area contributed by atoms with Gasteiger partial charge in [-0.25, -0.2) is 4.98 Å². The average molecular weight is 646 g/mol. The van der Waals surface area contributed by atoms with Gasteiger partial charge in [0.25, 0.3) is 11.8 Å². The largest absolute Gasteiger partial charge is 0.497 e. The number of hydrogen-bond donors (Lipinski definition) is 2. The molecule has 11 heteroatoms. The fourth-order valence-electron chi connectivity index (χ4n) is 5.01. The summed E-state index contributed by atoms with van der Waals surface area (Å²) >= 11 is 0. The number of alkyl halides is 3. The van der Waals surface area contributed by atoms with Crippen molar-refractivity contribution in [2.45, 2.75) is 45.3 Å². The van der Waals surface area contributed by atoms with E-state index in [9.17, 15) is 22.8 Å². The number of nitrogens with zero attached hydrogens (tertiary/aromatic N) is 1. The molecule has 47 heavy (non-hydrogen) atoms. The lowest BCUT2D eigenvalue weighted by Gasteiger charge is -2.20. The average Bonchev–Trinajstić information content (AvgIpc) is 3.41. The number of furan rings is 1. The van der Waals surface area contributed by atoms with Crippen LogP contribution in [0.4, 0.5) is 13.2 Å². The Kier molecular flexibility index (Phi) is 9.28. The summed E-state index contributed by atoms with van der Waals surface area (Å²) in [7, 11) is 3.05. The molecule has 0 atom stereocenters. The lowest BCUT2D eigenvalue weighted by atomic mass is 9.96. The zero-order valence-electron chi connectivity index (χ0n) is 26.5. The minimum atomic E-state index is -4.43. The van der Waals surface area contributed by atoms with Crippen LogP contribution in [-0.4, -0.2) is 42.7 Å². The number of hydrogen-bond acceptors (Lipinski definition) is 6. The van der Waals surface area contributed by atoms with E-state index in [0.29, 0.717) is 44.9 Å². The molecule has 8 nitrogen and oxygen atoms in total. The van der Waals surface area contributed by atoms with Gasteiger partial charge in [0.2, 0.25) is 5.71 Å². The van der Waals surface area contributed by atoms with Crippen LogP contribution in [0.15, 0.2) is 83.3 Å². The Morgan fingerprint density at radius 3 is 2.09 bits per heavy atom. The highest BCUT2D eigenvalue weighted by Gasteiger charge is 2.29. The van der Waals surface area contributed by atoms with Gasteiger partial charge < -0.3 is 24.5 Å². The van der Waals surface area contributed by atoms with E-state index >= 15 is 0 Å². The van der Waals surface area contributed by atoms with Gasteiger partial charge in [-0.2, -0.15) is 13.2 Å². The molecule has 2 N–H and O–H groups in total. The molecule has 5 rings (SSSR count). The molecule has 0 unspecified atom stereocenters. The summed E-state index contributed by atoms with van der Waals surface area (Å²) in [6.45, 7) is 5.54. The van der Waals surface area contributed by atoms with Crippen molar-refractivity contribution in [1.29, 1.82) is 0 Å². The second-order valence-corrected chi connectivity index (χ2v) is 11.9. The second-order valence-electron chi connectivity index (χ2n) is 11.9. The van der Waals surface area contributed by atoms with Crippen molar-refractivity contribution in [1.82, 2.24) is 15.6 Å². The summed E-state index contributed by atoms with van der Waals surface area (Å²) in [6, 6.07) is 22.1. The molecule has 0 bridgehead atoms. The van der Waals surface area contributed by atoms with Crippen LogP contribution >= 0.6 is 0 Å². The molecule has 2 heterocycles. The standard InChI is InChI=1S/C36H34F3N3O5/c1-35(2,3)42-32(43)23-8-6-7-22(19-23)27-20-28-30(33(44)40-4)31(47-34(28)41-29(27)17-18-36(37,38)39)21-9-11-25(12-10-21)46-26-15-13-24(45-5)14-16-26/h6-16,19-20H,17-18H2,1-5H3,(H,40,44)(H,42,43). The molecular weight excluding hydrogens is 611 g/mol. The van der Waals surface area contributed by atoms with Crippen molar-refractivity contribution in [3.63, 3.8) is 0 Å². The molecule has 244 valence electrons. The number of aryl methyl sites for hydroxylation is 1. The molecule has 0 aliphatic carbocycles. The van der Waals surface area contributed by atoms with Crippen molar-refractivity contribution in [2.24, 2.45) is 0 Å². The van der Waals surface area contributed by atoms with E-state index in [2.05, 4.69) is 15.6 Å². The molecule has 0 saturated heterocycles. The van der Waals surface area contributed by atoms with Crippen LogP contribution in [0.1, 0.15) is 53.6 Å². The number of ether oxygens (including phenoxy) is 2. The van der Waals surface area contributed by atoms with Gasteiger partial charge in [0.05, 0.1) is 23.8 Å². The number of amides is 2. The molecule has 0 spiro atoms. The van der Waals surface area contributed by atoms with Crippen LogP contribution in [0.3, 0.4) is 0 Å². The molecule has 0 fully saturated rings. The van der Waals surface area contributed by atoms with Crippen molar-refractivity contribution in [2.75, 3.05) is 14.2 Å². The summed E-state index contributed by atoms with van der Waals surface area (Å²) in [5.41, 5.74) is 1.50. The fourth-order valence-corrected chi connectivity index (χ4v) is 5.01. The first-order chi connectivity index (χ1) is 22.2. The predicted octanol–water partition coefficient (Wildman–Crippen LogP) is 8.35. The molecule has 0 aliphatic heterocycles. The van der Waals surface area contributed by atoms with Crippen molar-refractivity contribution < 1.29 is 36.7 Å². The molecule has 0 radical (unpaired) electrons. The highest BCUT2D eigenvalue weighted by Crippen LogP contribution is 2.38. The molecule has 3 aromatic carbocycles. The van der Waals surface area contributed by atoms with Crippen molar-refractivity contribution in [3.05, 3.63) is 95.7 Å². The Labute approximate surface area is 269 Å². The van der Waals surface area contributed by atoms with Gasteiger partial charge in [-0.3, -0.25) is 9.59 Å². The first-order valence-electron chi connectivity index (χ1n) is 14.8. The Hall–Kier alpha value is -5.32. The Morgan fingerprint density at radius 2 is 1.49 bits per heavy atom. The summed E-state index contributed by atoms with van der Waals surface area (Å²) < 4.78 is 57.4. The summed E-state index contributed by atoms with van der Waals surface area (Å²) in [4.78, 5) is 30.7. The van der Waals surface area contributed by atoms with Gasteiger partial charge in [0.15, 0.2) is 0 Å². The number of pyridine rings is 1. The number of fused-ring (bicyclic) bond motifs is 1. The molecule has 2 amide bonds. The number of benzene rings is 3. The van der Waals surface area contributed by atoms with E-state index in [1.54, 1.807) is 86.0 Å². The van der Waals surface area contributed by atoms with Gasteiger partial charge in [0, 0.05) is 35.7 Å². The van der Waals surface area contributed by atoms with Crippen LogP contribution in [-0.2, 0) is 6.42 Å². The Bertz CT molecular complexity index is 1910. The van der Waals surface area contributed by atoms with E-state index < -0.39 is 30.5 Å². The monoisotopic (exact) mass is 645 g/mol. The maximum Gasteiger partial charge on any atom is 0.389 e. The zero-order valence-corrected chi connectivity index (χ0v) is 26.5. The molecule has 0 aliphatic rings. The van der Waals surface area contributed by atoms with E-state index in [0.717, 1.165) is 0 Å². The highest BCUT2D eigenvalue weighted by atomic mass is 19.4. The minimum Gasteiger partial charge on any atom is -0.497 e. The van der Waals surface area contributed by atoms with Crippen LogP contribution in [0, 0.1) is 0 Å². The summed E-state index contributed by atoms with van der Waals surface area (Å²) in [5, 5.41) is 5.83.